The van der Waals surface area contributed by atoms with Crippen LogP contribution in [0.25, 0.3) is 0 Å². The van der Waals surface area contributed by atoms with Crippen LogP contribution in [0.5, 0.6) is 11.5 Å². The van der Waals surface area contributed by atoms with Crippen LogP contribution >= 0.6 is 0 Å². The first-order valence-electron chi connectivity index (χ1n) is 12.3. The average Bonchev–Trinajstić information content (AvgIpc) is 3.36. The molecule has 3 rings (SSSR count). The van der Waals surface area contributed by atoms with Crippen molar-refractivity contribution in [3.8, 4) is 11.5 Å². The topological polar surface area (TPSA) is 100 Å². The third-order valence-electron chi connectivity index (χ3n) is 6.97. The number of hydrogen-bond acceptors (Lipinski definition) is 8. The minimum Gasteiger partial charge on any atom is -0.497 e. The normalized spacial score (nSPS) is 23.4. The Kier molecular flexibility index (Phi) is 8.92. The summed E-state index contributed by atoms with van der Waals surface area (Å²) in [6, 6.07) is 5.61. The van der Waals surface area contributed by atoms with Crippen LogP contribution in [0.2, 0.25) is 0 Å². The van der Waals surface area contributed by atoms with Gasteiger partial charge in [-0.2, -0.15) is 0 Å². The van der Waals surface area contributed by atoms with Crippen LogP contribution in [-0.2, 0) is 30.4 Å². The number of cyclic esters (lactones) is 1. The molecule has 8 heteroatoms. The van der Waals surface area contributed by atoms with E-state index in [-0.39, 0.29) is 24.5 Å². The number of aryl methyl sites for hydroxylation is 1. The van der Waals surface area contributed by atoms with Crippen molar-refractivity contribution in [2.75, 3.05) is 14.2 Å². The number of Topliss-reactive ketones (excluding diaryl/α,β-unsaturated/α-hetero) is 2. The fraction of sp³-hybridized carbons (Fsp3) is 0.630. The van der Waals surface area contributed by atoms with E-state index < -0.39 is 29.4 Å². The molecule has 192 valence electrons. The Morgan fingerprint density at radius 2 is 1.89 bits per heavy atom. The van der Waals surface area contributed by atoms with Gasteiger partial charge in [0, 0.05) is 18.9 Å². The second kappa shape index (κ2) is 11.7. The molecule has 1 aromatic carbocycles. The van der Waals surface area contributed by atoms with Crippen molar-refractivity contribution in [2.24, 2.45) is 17.0 Å². The molecule has 1 aromatic rings. The first-order chi connectivity index (χ1) is 16.7. The molecular weight excluding hydrogens is 450 g/mol. The van der Waals surface area contributed by atoms with Gasteiger partial charge in [-0.25, -0.2) is 0 Å². The largest absolute Gasteiger partial charge is 0.497 e. The Morgan fingerprint density at radius 1 is 1.17 bits per heavy atom. The van der Waals surface area contributed by atoms with E-state index in [1.54, 1.807) is 35.0 Å². The first kappa shape index (κ1) is 26.7. The molecule has 8 nitrogen and oxygen atoms in total. The highest BCUT2D eigenvalue weighted by molar-refractivity contribution is 6.18. The van der Waals surface area contributed by atoms with Gasteiger partial charge in [0.25, 0.3) is 0 Å². The molecule has 1 aliphatic carbocycles. The molecule has 35 heavy (non-hydrogen) atoms. The average molecular weight is 488 g/mol. The Morgan fingerprint density at radius 3 is 2.49 bits per heavy atom. The third kappa shape index (κ3) is 6.41. The lowest BCUT2D eigenvalue weighted by molar-refractivity contribution is -0.186. The molecule has 1 saturated carbocycles. The van der Waals surface area contributed by atoms with Crippen LogP contribution in [0.3, 0.4) is 0 Å². The number of carbonyl (C=O) groups excluding carboxylic acids is 3. The lowest BCUT2D eigenvalue weighted by atomic mass is 9.73. The molecule has 1 aliphatic heterocycles. The summed E-state index contributed by atoms with van der Waals surface area (Å²) >= 11 is 0. The number of benzene rings is 1. The molecule has 1 saturated heterocycles. The number of carbonyl (C=O) groups is 3. The monoisotopic (exact) mass is 487 g/mol. The highest BCUT2D eigenvalue weighted by atomic mass is 16.6. The summed E-state index contributed by atoms with van der Waals surface area (Å²) in [4.78, 5) is 44.5. The van der Waals surface area contributed by atoms with Crippen molar-refractivity contribution >= 4 is 23.2 Å². The van der Waals surface area contributed by atoms with Crippen molar-refractivity contribution < 1.29 is 33.4 Å². The smallest absolute Gasteiger partial charge is 0.324 e. The zero-order chi connectivity index (χ0) is 25.6. The lowest BCUT2D eigenvalue weighted by Gasteiger charge is -2.42. The minimum absolute atomic E-state index is 0.0553. The standard InChI is InChI=1S/C27H37NO7/c1-17(2)28-35-18(3)14-22(29)25-23(30)16-27(34-26(25)31,20-8-6-7-9-20)13-12-19-10-11-21(32-4)15-24(19)33-5/h10-11,15,18,20,25H,6-9,12-14,16H2,1-5H3. The summed E-state index contributed by atoms with van der Waals surface area (Å²) in [6.07, 6.45) is 4.38. The van der Waals surface area contributed by atoms with Gasteiger partial charge >= 0.3 is 5.97 Å². The highest BCUT2D eigenvalue weighted by Gasteiger charge is 2.53. The number of hydrogen-bond donors (Lipinski definition) is 0. The number of nitrogens with zero attached hydrogens (tertiary/aromatic N) is 1. The van der Waals surface area contributed by atoms with E-state index >= 15 is 0 Å². The molecule has 1 heterocycles. The van der Waals surface area contributed by atoms with Crippen LogP contribution in [0.1, 0.15) is 71.3 Å². The summed E-state index contributed by atoms with van der Waals surface area (Å²) < 4.78 is 16.9. The van der Waals surface area contributed by atoms with Gasteiger partial charge < -0.3 is 19.0 Å². The number of oxime groups is 1. The molecule has 0 N–H and O–H groups in total. The number of ketones is 2. The lowest BCUT2D eigenvalue weighted by Crippen LogP contribution is -2.53. The molecule has 3 atom stereocenters. The number of rotatable bonds is 11. The molecule has 0 radical (unpaired) electrons. The maximum absolute atomic E-state index is 13.3. The summed E-state index contributed by atoms with van der Waals surface area (Å²) in [7, 11) is 3.20. The van der Waals surface area contributed by atoms with E-state index in [9.17, 15) is 14.4 Å². The van der Waals surface area contributed by atoms with Gasteiger partial charge in [-0.15, -0.1) is 0 Å². The second-order valence-corrected chi connectivity index (χ2v) is 9.85. The highest BCUT2D eigenvalue weighted by Crippen LogP contribution is 2.45. The van der Waals surface area contributed by atoms with E-state index in [0.29, 0.717) is 30.1 Å². The number of methoxy groups -OCH3 is 2. The fourth-order valence-electron chi connectivity index (χ4n) is 5.20. The summed E-state index contributed by atoms with van der Waals surface area (Å²) in [5, 5.41) is 3.86. The Balaban J connectivity index is 1.76. The Bertz CT molecular complexity index is 942. The van der Waals surface area contributed by atoms with Crippen molar-refractivity contribution in [1.29, 1.82) is 0 Å². The van der Waals surface area contributed by atoms with Crippen LogP contribution in [0.4, 0.5) is 0 Å². The van der Waals surface area contributed by atoms with E-state index in [1.807, 2.05) is 18.2 Å². The van der Waals surface area contributed by atoms with Crippen molar-refractivity contribution in [3.63, 3.8) is 0 Å². The summed E-state index contributed by atoms with van der Waals surface area (Å²) in [5.74, 6) is -1.49. The SMILES string of the molecule is COc1ccc(CCC2(C3CCCC3)CC(=O)C(C(=O)CC(C)ON=C(C)C)C(=O)O2)c(OC)c1. The first-order valence-corrected chi connectivity index (χ1v) is 12.3. The Labute approximate surface area is 207 Å². The second-order valence-electron chi connectivity index (χ2n) is 9.85. The molecule has 0 aromatic heterocycles. The fourth-order valence-corrected chi connectivity index (χ4v) is 5.20. The molecule has 2 aliphatic rings. The molecular formula is C27H37NO7. The van der Waals surface area contributed by atoms with Crippen LogP contribution in [0, 0.1) is 11.8 Å². The molecule has 2 fully saturated rings. The molecule has 0 spiro atoms. The zero-order valence-corrected chi connectivity index (χ0v) is 21.4. The maximum Gasteiger partial charge on any atom is 0.324 e. The van der Waals surface area contributed by atoms with Gasteiger partial charge in [0.2, 0.25) is 0 Å². The van der Waals surface area contributed by atoms with E-state index in [4.69, 9.17) is 19.0 Å². The molecule has 0 amide bonds. The van der Waals surface area contributed by atoms with Crippen LogP contribution in [0.15, 0.2) is 23.4 Å². The van der Waals surface area contributed by atoms with Crippen molar-refractivity contribution in [3.05, 3.63) is 23.8 Å². The van der Waals surface area contributed by atoms with Crippen molar-refractivity contribution in [1.82, 2.24) is 0 Å². The van der Waals surface area contributed by atoms with Gasteiger partial charge in [-0.3, -0.25) is 14.4 Å². The number of ether oxygens (including phenoxy) is 3. The quantitative estimate of drug-likeness (QED) is 0.197. The third-order valence-corrected chi connectivity index (χ3v) is 6.97. The van der Waals surface area contributed by atoms with E-state index in [2.05, 4.69) is 5.16 Å². The number of esters is 1. The van der Waals surface area contributed by atoms with Gasteiger partial charge in [0.05, 0.1) is 19.9 Å². The molecule has 3 unspecified atom stereocenters. The zero-order valence-electron chi connectivity index (χ0n) is 21.4. The van der Waals surface area contributed by atoms with Gasteiger partial charge in [0.15, 0.2) is 17.5 Å². The van der Waals surface area contributed by atoms with Gasteiger partial charge in [0.1, 0.15) is 23.2 Å². The predicted octanol–water partition coefficient (Wildman–Crippen LogP) is 4.46. The molecule has 0 bridgehead atoms. The van der Waals surface area contributed by atoms with E-state index in [0.717, 1.165) is 31.2 Å². The summed E-state index contributed by atoms with van der Waals surface area (Å²) in [6.45, 7) is 5.25. The summed E-state index contributed by atoms with van der Waals surface area (Å²) in [5.41, 5.74) is 0.760. The Hall–Kier alpha value is -2.90. The maximum atomic E-state index is 13.3. The predicted molar refractivity (Wildman–Crippen MR) is 131 cm³/mol. The van der Waals surface area contributed by atoms with Gasteiger partial charge in [-0.1, -0.05) is 24.1 Å². The van der Waals surface area contributed by atoms with Crippen LogP contribution in [-0.4, -0.2) is 49.2 Å². The van der Waals surface area contributed by atoms with Gasteiger partial charge in [-0.05, 0) is 64.0 Å². The minimum atomic E-state index is -1.39. The van der Waals surface area contributed by atoms with Crippen LogP contribution < -0.4 is 9.47 Å². The van der Waals surface area contributed by atoms with Crippen molar-refractivity contribution in [2.45, 2.75) is 83.8 Å². The van der Waals surface area contributed by atoms with E-state index in [1.165, 1.54) is 0 Å².